The largest absolute Gasteiger partial charge is 0.278 e. The van der Waals surface area contributed by atoms with Gasteiger partial charge >= 0.3 is 0 Å². The monoisotopic (exact) mass is 285 g/mol. The van der Waals surface area contributed by atoms with Gasteiger partial charge in [-0.15, -0.1) is 0 Å². The minimum absolute atomic E-state index is 0.173. The first-order valence-corrected chi connectivity index (χ1v) is 7.13. The Morgan fingerprint density at radius 1 is 1.25 bits per heavy atom. The summed E-state index contributed by atoms with van der Waals surface area (Å²) in [5, 5.41) is 11.1. The zero-order valence-corrected chi connectivity index (χ0v) is 11.8. The lowest BCUT2D eigenvalue weighted by Gasteiger charge is -1.99. The lowest BCUT2D eigenvalue weighted by atomic mass is 10.1. The van der Waals surface area contributed by atoms with Gasteiger partial charge in [0.15, 0.2) is 6.54 Å². The number of aryl methyl sites for hydroxylation is 1. The molecule has 5 heteroatoms. The molecular formula is C15H13N2O2S+. The highest BCUT2D eigenvalue weighted by Crippen LogP contribution is 2.21. The van der Waals surface area contributed by atoms with Crippen molar-refractivity contribution in [3.8, 4) is 0 Å². The van der Waals surface area contributed by atoms with E-state index in [1.54, 1.807) is 23.5 Å². The van der Waals surface area contributed by atoms with Crippen LogP contribution in [0.2, 0.25) is 0 Å². The zero-order valence-electron chi connectivity index (χ0n) is 10.9. The first kappa shape index (κ1) is 12.7. The summed E-state index contributed by atoms with van der Waals surface area (Å²) in [7, 11) is 0. The Morgan fingerprint density at radius 3 is 2.85 bits per heavy atom. The summed E-state index contributed by atoms with van der Waals surface area (Å²) in [6.45, 7) is 2.58. The predicted molar refractivity (Wildman–Crippen MR) is 79.0 cm³/mol. The summed E-state index contributed by atoms with van der Waals surface area (Å²) in [5.74, 6) is 0. The van der Waals surface area contributed by atoms with Crippen LogP contribution in [0.3, 0.4) is 0 Å². The summed E-state index contributed by atoms with van der Waals surface area (Å²) < 4.78 is 3.26. The maximum Gasteiger partial charge on any atom is 0.278 e. The van der Waals surface area contributed by atoms with Gasteiger partial charge in [-0.05, 0) is 24.6 Å². The molecule has 4 nitrogen and oxygen atoms in total. The number of nitrogens with zero attached hydrogens (tertiary/aromatic N) is 2. The van der Waals surface area contributed by atoms with Gasteiger partial charge in [0.1, 0.15) is 4.70 Å². The number of thiazole rings is 1. The molecule has 3 rings (SSSR count). The van der Waals surface area contributed by atoms with E-state index in [4.69, 9.17) is 0 Å². The van der Waals surface area contributed by atoms with E-state index in [1.807, 2.05) is 17.6 Å². The maximum atomic E-state index is 11.1. The summed E-state index contributed by atoms with van der Waals surface area (Å²) >= 11 is 1.65. The average Bonchev–Trinajstić information content (AvgIpc) is 2.81. The van der Waals surface area contributed by atoms with Crippen LogP contribution in [0.4, 0.5) is 5.69 Å². The van der Waals surface area contributed by atoms with E-state index < -0.39 is 0 Å². The number of hydrogen-bond acceptors (Lipinski definition) is 3. The molecule has 1 aromatic heterocycles. The lowest BCUT2D eigenvalue weighted by Crippen LogP contribution is -2.32. The van der Waals surface area contributed by atoms with Crippen molar-refractivity contribution >= 4 is 27.2 Å². The average molecular weight is 285 g/mol. The van der Waals surface area contributed by atoms with E-state index in [1.165, 1.54) is 10.3 Å². The fraction of sp³-hybridized carbons (Fsp3) is 0.133. The third-order valence-electron chi connectivity index (χ3n) is 3.26. The fourth-order valence-electron chi connectivity index (χ4n) is 2.26. The number of nitro groups is 1. The second kappa shape index (κ2) is 5.02. The van der Waals surface area contributed by atoms with Gasteiger partial charge in [0.05, 0.1) is 10.5 Å². The highest BCUT2D eigenvalue weighted by Gasteiger charge is 2.19. The van der Waals surface area contributed by atoms with Crippen molar-refractivity contribution in [3.63, 3.8) is 0 Å². The van der Waals surface area contributed by atoms with Gasteiger partial charge in [0, 0.05) is 12.1 Å². The van der Waals surface area contributed by atoms with E-state index >= 15 is 0 Å². The minimum atomic E-state index is -0.325. The molecule has 0 spiro atoms. The van der Waals surface area contributed by atoms with Crippen molar-refractivity contribution in [3.05, 3.63) is 69.2 Å². The van der Waals surface area contributed by atoms with Crippen LogP contribution in [0.5, 0.6) is 0 Å². The molecule has 0 amide bonds. The summed E-state index contributed by atoms with van der Waals surface area (Å²) in [6.07, 6.45) is 0. The molecule has 0 fully saturated rings. The van der Waals surface area contributed by atoms with E-state index in [0.717, 1.165) is 11.1 Å². The van der Waals surface area contributed by atoms with Gasteiger partial charge < -0.3 is 0 Å². The van der Waals surface area contributed by atoms with Gasteiger partial charge in [0.2, 0.25) is 11.0 Å². The number of para-hydroxylation sites is 1. The fourth-order valence-corrected chi connectivity index (χ4v) is 3.25. The third-order valence-corrected chi connectivity index (χ3v) is 4.20. The molecule has 0 atom stereocenters. The van der Waals surface area contributed by atoms with Gasteiger partial charge in [-0.25, -0.2) is 0 Å². The van der Waals surface area contributed by atoms with Gasteiger partial charge in [-0.3, -0.25) is 10.1 Å². The highest BCUT2D eigenvalue weighted by molar-refractivity contribution is 7.16. The standard InChI is InChI=1S/C15H13N2O2S/c1-11-6-7-14-15(8-11)20-10-16(14)9-12-4-2-3-5-13(12)17(18)19/h2-8,10H,9H2,1H3/q+1. The number of nitro benzene ring substituents is 1. The highest BCUT2D eigenvalue weighted by atomic mass is 32.1. The Morgan fingerprint density at radius 2 is 2.05 bits per heavy atom. The second-order valence-corrected chi connectivity index (χ2v) is 5.59. The molecule has 0 unspecified atom stereocenters. The van der Waals surface area contributed by atoms with Crippen molar-refractivity contribution in [2.45, 2.75) is 13.5 Å². The molecule has 2 aromatic carbocycles. The third kappa shape index (κ3) is 2.28. The molecule has 0 bridgehead atoms. The van der Waals surface area contributed by atoms with Crippen LogP contribution in [0.1, 0.15) is 11.1 Å². The Bertz CT molecular complexity index is 795. The van der Waals surface area contributed by atoms with E-state index in [0.29, 0.717) is 6.54 Å². The Labute approximate surface area is 120 Å². The minimum Gasteiger partial charge on any atom is -0.258 e. The summed E-state index contributed by atoms with van der Waals surface area (Å²) in [6, 6.07) is 13.2. The molecule has 0 aliphatic carbocycles. The molecule has 0 saturated heterocycles. The number of fused-ring (bicyclic) bond motifs is 1. The Kier molecular flexibility index (Phi) is 3.20. The predicted octanol–water partition coefficient (Wildman–Crippen LogP) is 3.45. The SMILES string of the molecule is Cc1ccc2c(c1)sc[n+]2Cc1ccccc1[N+](=O)[O-]. The smallest absolute Gasteiger partial charge is 0.258 e. The molecule has 20 heavy (non-hydrogen) atoms. The Hall–Kier alpha value is -2.27. The molecule has 100 valence electrons. The number of aromatic nitrogens is 1. The Balaban J connectivity index is 2.04. The molecule has 0 saturated carbocycles. The molecule has 0 aliphatic heterocycles. The van der Waals surface area contributed by atoms with Gasteiger partial charge in [-0.2, -0.15) is 4.57 Å². The van der Waals surface area contributed by atoms with Crippen LogP contribution in [0, 0.1) is 17.0 Å². The van der Waals surface area contributed by atoms with Crippen LogP contribution in [0.25, 0.3) is 10.2 Å². The summed E-state index contributed by atoms with van der Waals surface area (Å²) in [4.78, 5) is 10.7. The number of benzene rings is 2. The quantitative estimate of drug-likeness (QED) is 0.420. The molecular weight excluding hydrogens is 272 g/mol. The molecule has 0 radical (unpaired) electrons. The van der Waals surface area contributed by atoms with Gasteiger partial charge in [0.25, 0.3) is 5.69 Å². The normalized spacial score (nSPS) is 10.8. The van der Waals surface area contributed by atoms with Crippen molar-refractivity contribution < 1.29 is 9.49 Å². The van der Waals surface area contributed by atoms with E-state index in [9.17, 15) is 10.1 Å². The van der Waals surface area contributed by atoms with E-state index in [-0.39, 0.29) is 10.6 Å². The maximum absolute atomic E-state index is 11.1. The number of hydrogen-bond donors (Lipinski definition) is 0. The van der Waals surface area contributed by atoms with Crippen LogP contribution in [-0.2, 0) is 6.54 Å². The van der Waals surface area contributed by atoms with E-state index in [2.05, 4.69) is 29.7 Å². The van der Waals surface area contributed by atoms with Crippen LogP contribution in [0.15, 0.2) is 48.0 Å². The van der Waals surface area contributed by atoms with Crippen LogP contribution in [-0.4, -0.2) is 4.92 Å². The second-order valence-electron chi connectivity index (χ2n) is 4.71. The topological polar surface area (TPSA) is 47.0 Å². The number of rotatable bonds is 3. The molecule has 3 aromatic rings. The van der Waals surface area contributed by atoms with Crippen molar-refractivity contribution in [1.82, 2.24) is 0 Å². The summed E-state index contributed by atoms with van der Waals surface area (Å²) in [5.41, 5.74) is 5.24. The lowest BCUT2D eigenvalue weighted by molar-refractivity contribution is -0.658. The first-order valence-electron chi connectivity index (χ1n) is 6.25. The van der Waals surface area contributed by atoms with Crippen molar-refractivity contribution in [2.75, 3.05) is 0 Å². The first-order chi connectivity index (χ1) is 9.65. The molecule has 0 N–H and O–H groups in total. The van der Waals surface area contributed by atoms with Crippen molar-refractivity contribution in [2.24, 2.45) is 0 Å². The van der Waals surface area contributed by atoms with Gasteiger partial charge in [-0.1, -0.05) is 29.5 Å². The van der Waals surface area contributed by atoms with Crippen LogP contribution < -0.4 is 4.57 Å². The molecule has 0 aliphatic rings. The van der Waals surface area contributed by atoms with Crippen LogP contribution >= 0.6 is 11.3 Å². The zero-order chi connectivity index (χ0) is 14.1. The molecule has 1 heterocycles. The van der Waals surface area contributed by atoms with Crippen molar-refractivity contribution in [1.29, 1.82) is 0 Å².